The van der Waals surface area contributed by atoms with Crippen molar-refractivity contribution in [2.45, 2.75) is 45.2 Å². The van der Waals surface area contributed by atoms with E-state index in [0.29, 0.717) is 22.7 Å². The van der Waals surface area contributed by atoms with Crippen molar-refractivity contribution in [2.75, 3.05) is 11.9 Å². The van der Waals surface area contributed by atoms with E-state index in [-0.39, 0.29) is 43.1 Å². The number of nitrogens with zero attached hydrogens (tertiary/aromatic N) is 1. The minimum absolute atomic E-state index is 0.0436. The summed E-state index contributed by atoms with van der Waals surface area (Å²) in [5, 5.41) is 14.9. The summed E-state index contributed by atoms with van der Waals surface area (Å²) in [4.78, 5) is 50.2. The first-order chi connectivity index (χ1) is 13.1. The second-order valence-corrected chi connectivity index (χ2v) is 8.50. The molecule has 0 unspecified atom stereocenters. The van der Waals surface area contributed by atoms with Gasteiger partial charge in [-0.15, -0.1) is 0 Å². The Morgan fingerprint density at radius 2 is 2.04 bits per heavy atom. The Bertz CT molecular complexity index is 854. The Morgan fingerprint density at radius 1 is 1.32 bits per heavy atom. The number of halogens is 1. The van der Waals surface area contributed by atoms with E-state index in [4.69, 9.17) is 16.7 Å². The van der Waals surface area contributed by atoms with Gasteiger partial charge < -0.3 is 20.6 Å². The summed E-state index contributed by atoms with van der Waals surface area (Å²) < 4.78 is 0. The van der Waals surface area contributed by atoms with Crippen LogP contribution in [-0.2, 0) is 14.4 Å². The van der Waals surface area contributed by atoms with Crippen LogP contribution in [-0.4, -0.2) is 52.3 Å². The van der Waals surface area contributed by atoms with Crippen molar-refractivity contribution in [3.8, 4) is 0 Å². The van der Waals surface area contributed by atoms with Gasteiger partial charge in [-0.25, -0.2) is 0 Å². The highest BCUT2D eigenvalue weighted by Gasteiger charge is 2.43. The number of fused-ring (bicyclic) bond motifs is 2. The third kappa shape index (κ3) is 4.27. The molecule has 150 valence electrons. The maximum Gasteiger partial charge on any atom is 0.303 e. The average molecular weight is 408 g/mol. The number of carbonyl (C=O) groups excluding carboxylic acids is 3. The first-order valence-electron chi connectivity index (χ1n) is 8.98. The molecular weight excluding hydrogens is 386 g/mol. The Kier molecular flexibility index (Phi) is 5.34. The molecule has 1 aromatic carbocycles. The van der Waals surface area contributed by atoms with Crippen molar-refractivity contribution < 1.29 is 24.3 Å². The summed E-state index contributed by atoms with van der Waals surface area (Å²) in [6, 6.07) is 3.64. The zero-order chi connectivity index (χ0) is 20.6. The van der Waals surface area contributed by atoms with Gasteiger partial charge in [0.2, 0.25) is 11.8 Å². The molecule has 0 spiro atoms. The maximum absolute atomic E-state index is 12.9. The minimum Gasteiger partial charge on any atom is -0.481 e. The largest absolute Gasteiger partial charge is 0.481 e. The zero-order valence-corrected chi connectivity index (χ0v) is 16.4. The van der Waals surface area contributed by atoms with Gasteiger partial charge in [0.15, 0.2) is 0 Å². The van der Waals surface area contributed by atoms with Crippen LogP contribution in [0.15, 0.2) is 18.2 Å². The topological polar surface area (TPSA) is 116 Å². The lowest BCUT2D eigenvalue weighted by molar-refractivity contribution is -0.139. The van der Waals surface area contributed by atoms with Crippen molar-refractivity contribution in [3.63, 3.8) is 0 Å². The predicted octanol–water partition coefficient (Wildman–Crippen LogP) is 1.88. The molecule has 3 N–H and O–H groups in total. The number of anilines is 1. The monoisotopic (exact) mass is 407 g/mol. The number of hydrogen-bond acceptors (Lipinski definition) is 4. The molecule has 9 heteroatoms. The van der Waals surface area contributed by atoms with Crippen molar-refractivity contribution in [1.82, 2.24) is 10.2 Å². The van der Waals surface area contributed by atoms with Crippen molar-refractivity contribution >= 4 is 41.0 Å². The zero-order valence-electron chi connectivity index (χ0n) is 15.6. The van der Waals surface area contributed by atoms with E-state index in [1.54, 1.807) is 32.0 Å². The summed E-state index contributed by atoms with van der Waals surface area (Å²) in [5.41, 5.74) is 0.0486. The van der Waals surface area contributed by atoms with Gasteiger partial charge in [0.05, 0.1) is 17.7 Å². The molecule has 0 saturated carbocycles. The number of carboxylic acid groups (broad SMARTS) is 1. The molecule has 1 saturated heterocycles. The molecule has 8 nitrogen and oxygen atoms in total. The number of hydrogen-bond donors (Lipinski definition) is 3. The number of nitrogens with one attached hydrogen (secondary N) is 2. The van der Waals surface area contributed by atoms with E-state index in [2.05, 4.69) is 10.6 Å². The van der Waals surface area contributed by atoms with E-state index in [0.717, 1.165) is 0 Å². The molecule has 1 fully saturated rings. The number of benzene rings is 1. The van der Waals surface area contributed by atoms with Gasteiger partial charge in [0, 0.05) is 24.0 Å². The minimum atomic E-state index is -0.965. The number of aliphatic carboxylic acids is 1. The molecule has 0 radical (unpaired) electrons. The first kappa shape index (κ1) is 20.1. The Balaban J connectivity index is 1.69. The van der Waals surface area contributed by atoms with Gasteiger partial charge in [-0.05, 0) is 30.0 Å². The van der Waals surface area contributed by atoms with Crippen molar-refractivity contribution in [2.24, 2.45) is 5.41 Å². The third-order valence-corrected chi connectivity index (χ3v) is 5.20. The number of amides is 3. The van der Waals surface area contributed by atoms with Crippen LogP contribution in [0.5, 0.6) is 0 Å². The average Bonchev–Trinajstić information content (AvgIpc) is 2.92. The highest BCUT2D eigenvalue weighted by atomic mass is 35.5. The fraction of sp³-hybridized carbons (Fsp3) is 0.474. The van der Waals surface area contributed by atoms with E-state index in [1.165, 1.54) is 4.90 Å². The Hall–Kier alpha value is -2.61. The van der Waals surface area contributed by atoms with E-state index >= 15 is 0 Å². The summed E-state index contributed by atoms with van der Waals surface area (Å²) in [6.07, 6.45) is 0.215. The molecule has 0 bridgehead atoms. The standard InChI is InChI=1S/C19H22ClN3O5/c1-19(2,8-16(25)26)7-15(24)21-11-6-14-17(27)22-13-5-10(20)3-4-12(13)18(28)23(14)9-11/h3-5,11,14H,6-9H2,1-2H3,(H,21,24)(H,22,27)(H,25,26)/t11-,14-/m0/s1. The van der Waals surface area contributed by atoms with Gasteiger partial charge in [0.25, 0.3) is 5.91 Å². The summed E-state index contributed by atoms with van der Waals surface area (Å²) in [7, 11) is 0. The van der Waals surface area contributed by atoms with Gasteiger partial charge in [-0.2, -0.15) is 0 Å². The van der Waals surface area contributed by atoms with Crippen LogP contribution in [0.2, 0.25) is 5.02 Å². The molecular formula is C19H22ClN3O5. The highest BCUT2D eigenvalue weighted by molar-refractivity contribution is 6.31. The van der Waals surface area contributed by atoms with Crippen LogP contribution < -0.4 is 10.6 Å². The molecule has 3 amide bonds. The van der Waals surface area contributed by atoms with Gasteiger partial charge >= 0.3 is 5.97 Å². The van der Waals surface area contributed by atoms with Crippen LogP contribution >= 0.6 is 11.6 Å². The molecule has 2 atom stereocenters. The molecule has 0 aromatic heterocycles. The van der Waals surface area contributed by atoms with Crippen LogP contribution in [0.1, 0.15) is 43.5 Å². The number of carboxylic acids is 1. The summed E-state index contributed by atoms with van der Waals surface area (Å²) in [6.45, 7) is 3.63. The SMILES string of the molecule is CC(C)(CC(=O)O)CC(=O)N[C@H]1C[C@H]2C(=O)Nc3cc(Cl)ccc3C(=O)N2C1. The lowest BCUT2D eigenvalue weighted by atomic mass is 9.85. The Labute approximate surface area is 167 Å². The molecule has 2 aliphatic heterocycles. The Morgan fingerprint density at radius 3 is 2.71 bits per heavy atom. The molecule has 3 rings (SSSR count). The van der Waals surface area contributed by atoms with Gasteiger partial charge in [-0.1, -0.05) is 25.4 Å². The molecule has 2 aliphatic rings. The molecule has 2 heterocycles. The van der Waals surface area contributed by atoms with Crippen LogP contribution in [0.3, 0.4) is 0 Å². The highest BCUT2D eigenvalue weighted by Crippen LogP contribution is 2.31. The second-order valence-electron chi connectivity index (χ2n) is 8.06. The lowest BCUT2D eigenvalue weighted by Crippen LogP contribution is -2.41. The van der Waals surface area contributed by atoms with Crippen molar-refractivity contribution in [3.05, 3.63) is 28.8 Å². The van der Waals surface area contributed by atoms with E-state index in [1.807, 2.05) is 0 Å². The summed E-state index contributed by atoms with van der Waals surface area (Å²) >= 11 is 5.95. The van der Waals surface area contributed by atoms with Crippen molar-refractivity contribution in [1.29, 1.82) is 0 Å². The molecule has 1 aromatic rings. The van der Waals surface area contributed by atoms with Crippen LogP contribution in [0.25, 0.3) is 0 Å². The quantitative estimate of drug-likeness (QED) is 0.689. The predicted molar refractivity (Wildman–Crippen MR) is 102 cm³/mol. The lowest BCUT2D eigenvalue weighted by Gasteiger charge is -2.23. The smallest absolute Gasteiger partial charge is 0.303 e. The fourth-order valence-corrected chi connectivity index (χ4v) is 3.95. The fourth-order valence-electron chi connectivity index (χ4n) is 3.78. The van der Waals surface area contributed by atoms with Gasteiger partial charge in [0.1, 0.15) is 6.04 Å². The summed E-state index contributed by atoms with van der Waals surface area (Å²) in [5.74, 6) is -1.88. The van der Waals surface area contributed by atoms with E-state index < -0.39 is 17.4 Å². The van der Waals surface area contributed by atoms with E-state index in [9.17, 15) is 19.2 Å². The number of rotatable bonds is 5. The number of carbonyl (C=O) groups is 4. The second kappa shape index (κ2) is 7.43. The normalized spacial score (nSPS) is 21.5. The third-order valence-electron chi connectivity index (χ3n) is 4.97. The first-order valence-corrected chi connectivity index (χ1v) is 9.36. The van der Waals surface area contributed by atoms with Crippen LogP contribution in [0, 0.1) is 5.41 Å². The maximum atomic E-state index is 12.9. The van der Waals surface area contributed by atoms with Gasteiger partial charge in [-0.3, -0.25) is 19.2 Å². The molecule has 28 heavy (non-hydrogen) atoms. The molecule has 0 aliphatic carbocycles. The van der Waals surface area contributed by atoms with Crippen LogP contribution in [0.4, 0.5) is 5.69 Å².